The Labute approximate surface area is 115 Å². The summed E-state index contributed by atoms with van der Waals surface area (Å²) in [5, 5.41) is 7.98. The average molecular weight is 257 g/mol. The summed E-state index contributed by atoms with van der Waals surface area (Å²) in [7, 11) is 0. The molecule has 0 atom stereocenters. The summed E-state index contributed by atoms with van der Waals surface area (Å²) in [5.74, 6) is 0. The fourth-order valence-corrected chi connectivity index (χ4v) is 2.33. The molecule has 0 spiro atoms. The number of para-hydroxylation sites is 1. The molecule has 0 aliphatic carbocycles. The van der Waals surface area contributed by atoms with E-state index >= 15 is 0 Å². The molecule has 1 aromatic carbocycles. The molecular formula is C16H23N3. The van der Waals surface area contributed by atoms with Crippen LogP contribution in [-0.2, 0) is 13.0 Å². The minimum Gasteiger partial charge on any atom is -0.313 e. The highest BCUT2D eigenvalue weighted by Gasteiger charge is 2.12. The van der Waals surface area contributed by atoms with Crippen LogP contribution >= 0.6 is 0 Å². The number of nitrogens with zero attached hydrogens (tertiary/aromatic N) is 2. The SMILES string of the molecule is CCCc1c(CNCC)cnn1-c1ccccc1C. The summed E-state index contributed by atoms with van der Waals surface area (Å²) >= 11 is 0. The van der Waals surface area contributed by atoms with Crippen molar-refractivity contribution in [3.05, 3.63) is 47.3 Å². The van der Waals surface area contributed by atoms with Gasteiger partial charge in [0.25, 0.3) is 0 Å². The van der Waals surface area contributed by atoms with Crippen LogP contribution in [0.25, 0.3) is 5.69 Å². The van der Waals surface area contributed by atoms with E-state index in [0.717, 1.165) is 25.9 Å². The summed E-state index contributed by atoms with van der Waals surface area (Å²) in [4.78, 5) is 0. The van der Waals surface area contributed by atoms with Crippen LogP contribution in [-0.4, -0.2) is 16.3 Å². The lowest BCUT2D eigenvalue weighted by molar-refractivity contribution is 0.707. The van der Waals surface area contributed by atoms with E-state index in [1.165, 1.54) is 22.5 Å². The molecule has 0 unspecified atom stereocenters. The molecular weight excluding hydrogens is 234 g/mol. The van der Waals surface area contributed by atoms with E-state index in [1.807, 2.05) is 6.20 Å². The lowest BCUT2D eigenvalue weighted by Crippen LogP contribution is -2.13. The van der Waals surface area contributed by atoms with E-state index in [2.05, 4.69) is 60.1 Å². The molecule has 0 saturated heterocycles. The summed E-state index contributed by atoms with van der Waals surface area (Å²) in [5.41, 5.74) is 5.09. The Morgan fingerprint density at radius 1 is 1.21 bits per heavy atom. The van der Waals surface area contributed by atoms with E-state index in [1.54, 1.807) is 0 Å². The van der Waals surface area contributed by atoms with Crippen LogP contribution in [0.4, 0.5) is 0 Å². The van der Waals surface area contributed by atoms with E-state index in [9.17, 15) is 0 Å². The summed E-state index contributed by atoms with van der Waals surface area (Å²) in [6, 6.07) is 8.42. The van der Waals surface area contributed by atoms with Crippen molar-refractivity contribution in [1.29, 1.82) is 0 Å². The van der Waals surface area contributed by atoms with Crippen LogP contribution < -0.4 is 5.32 Å². The molecule has 1 heterocycles. The molecule has 3 nitrogen and oxygen atoms in total. The number of rotatable bonds is 6. The summed E-state index contributed by atoms with van der Waals surface area (Å²) in [6.45, 7) is 8.37. The van der Waals surface area contributed by atoms with Gasteiger partial charge in [-0.3, -0.25) is 0 Å². The number of hydrogen-bond acceptors (Lipinski definition) is 2. The third kappa shape index (κ3) is 3.04. The minimum absolute atomic E-state index is 0.901. The van der Waals surface area contributed by atoms with Crippen molar-refractivity contribution in [2.45, 2.75) is 40.2 Å². The average Bonchev–Trinajstić information content (AvgIpc) is 2.80. The highest BCUT2D eigenvalue weighted by Crippen LogP contribution is 2.19. The second kappa shape index (κ2) is 6.53. The largest absolute Gasteiger partial charge is 0.313 e. The lowest BCUT2D eigenvalue weighted by atomic mass is 10.1. The fourth-order valence-electron chi connectivity index (χ4n) is 2.33. The third-order valence-electron chi connectivity index (χ3n) is 3.35. The Balaban J connectivity index is 2.40. The Morgan fingerprint density at radius 2 is 2.00 bits per heavy atom. The van der Waals surface area contributed by atoms with Gasteiger partial charge in [-0.05, 0) is 31.5 Å². The van der Waals surface area contributed by atoms with E-state index < -0.39 is 0 Å². The zero-order valence-electron chi connectivity index (χ0n) is 12.1. The van der Waals surface area contributed by atoms with Crippen molar-refractivity contribution in [3.8, 4) is 5.69 Å². The predicted molar refractivity (Wildman–Crippen MR) is 79.7 cm³/mol. The molecule has 0 aliphatic heterocycles. The fraction of sp³-hybridized carbons (Fsp3) is 0.438. The zero-order valence-corrected chi connectivity index (χ0v) is 12.1. The van der Waals surface area contributed by atoms with Gasteiger partial charge < -0.3 is 5.32 Å². The molecule has 3 heteroatoms. The van der Waals surface area contributed by atoms with Crippen molar-refractivity contribution in [2.75, 3.05) is 6.54 Å². The number of aryl methyl sites for hydroxylation is 1. The number of benzene rings is 1. The lowest BCUT2D eigenvalue weighted by Gasteiger charge is -2.11. The quantitative estimate of drug-likeness (QED) is 0.861. The van der Waals surface area contributed by atoms with Crippen LogP contribution in [0.5, 0.6) is 0 Å². The molecule has 19 heavy (non-hydrogen) atoms. The van der Waals surface area contributed by atoms with Crippen LogP contribution in [0, 0.1) is 6.92 Å². The van der Waals surface area contributed by atoms with Gasteiger partial charge in [-0.25, -0.2) is 4.68 Å². The first kappa shape index (κ1) is 13.8. The normalized spacial score (nSPS) is 10.9. The van der Waals surface area contributed by atoms with Crippen molar-refractivity contribution >= 4 is 0 Å². The monoisotopic (exact) mass is 257 g/mol. The summed E-state index contributed by atoms with van der Waals surface area (Å²) < 4.78 is 2.10. The first-order chi connectivity index (χ1) is 9.27. The van der Waals surface area contributed by atoms with Crippen LogP contribution in [0.15, 0.2) is 30.5 Å². The van der Waals surface area contributed by atoms with Crippen molar-refractivity contribution in [3.63, 3.8) is 0 Å². The van der Waals surface area contributed by atoms with Gasteiger partial charge in [0.15, 0.2) is 0 Å². The Kier molecular flexibility index (Phi) is 4.74. The maximum atomic E-state index is 4.60. The van der Waals surface area contributed by atoms with Crippen molar-refractivity contribution < 1.29 is 0 Å². The number of nitrogens with one attached hydrogen (secondary N) is 1. The van der Waals surface area contributed by atoms with Gasteiger partial charge in [0, 0.05) is 17.8 Å². The molecule has 1 N–H and O–H groups in total. The van der Waals surface area contributed by atoms with E-state index in [4.69, 9.17) is 0 Å². The van der Waals surface area contributed by atoms with Gasteiger partial charge in [-0.15, -0.1) is 0 Å². The minimum atomic E-state index is 0.901. The van der Waals surface area contributed by atoms with Crippen molar-refractivity contribution in [1.82, 2.24) is 15.1 Å². The zero-order chi connectivity index (χ0) is 13.7. The topological polar surface area (TPSA) is 29.9 Å². The Morgan fingerprint density at radius 3 is 2.68 bits per heavy atom. The maximum absolute atomic E-state index is 4.60. The van der Waals surface area contributed by atoms with E-state index in [-0.39, 0.29) is 0 Å². The van der Waals surface area contributed by atoms with Crippen LogP contribution in [0.3, 0.4) is 0 Å². The third-order valence-corrected chi connectivity index (χ3v) is 3.35. The van der Waals surface area contributed by atoms with Gasteiger partial charge >= 0.3 is 0 Å². The molecule has 0 radical (unpaired) electrons. The molecule has 0 amide bonds. The van der Waals surface area contributed by atoms with Gasteiger partial charge in [-0.2, -0.15) is 5.10 Å². The highest BCUT2D eigenvalue weighted by molar-refractivity contribution is 5.41. The van der Waals surface area contributed by atoms with Gasteiger partial charge in [0.1, 0.15) is 0 Å². The molecule has 0 saturated carbocycles. The Hall–Kier alpha value is -1.61. The number of aromatic nitrogens is 2. The van der Waals surface area contributed by atoms with Crippen LogP contribution in [0.2, 0.25) is 0 Å². The summed E-state index contributed by atoms with van der Waals surface area (Å²) in [6.07, 6.45) is 4.20. The maximum Gasteiger partial charge on any atom is 0.0678 e. The van der Waals surface area contributed by atoms with E-state index in [0.29, 0.717) is 0 Å². The molecule has 0 bridgehead atoms. The predicted octanol–water partition coefficient (Wildman–Crippen LogP) is 3.24. The molecule has 2 aromatic rings. The number of hydrogen-bond donors (Lipinski definition) is 1. The first-order valence-electron chi connectivity index (χ1n) is 7.10. The standard InChI is InChI=1S/C16H23N3/c1-4-8-16-14(11-17-5-2)12-18-19(16)15-10-7-6-9-13(15)3/h6-7,9-10,12,17H,4-5,8,11H2,1-3H3. The molecule has 1 aromatic heterocycles. The van der Waals surface area contributed by atoms with Crippen LogP contribution in [0.1, 0.15) is 37.1 Å². The molecule has 2 rings (SSSR count). The second-order valence-electron chi connectivity index (χ2n) is 4.85. The molecule has 0 aliphatic rings. The van der Waals surface area contributed by atoms with Gasteiger partial charge in [0.2, 0.25) is 0 Å². The first-order valence-corrected chi connectivity index (χ1v) is 7.10. The Bertz CT molecular complexity index is 529. The van der Waals surface area contributed by atoms with Gasteiger partial charge in [-0.1, -0.05) is 38.5 Å². The van der Waals surface area contributed by atoms with Gasteiger partial charge in [0.05, 0.1) is 11.9 Å². The van der Waals surface area contributed by atoms with Crippen molar-refractivity contribution in [2.24, 2.45) is 0 Å². The molecule has 102 valence electrons. The second-order valence-corrected chi connectivity index (χ2v) is 4.85. The highest BCUT2D eigenvalue weighted by atomic mass is 15.3. The molecule has 0 fully saturated rings. The smallest absolute Gasteiger partial charge is 0.0678 e.